The van der Waals surface area contributed by atoms with Crippen molar-refractivity contribution >= 4 is 34.9 Å². The van der Waals surface area contributed by atoms with Crippen LogP contribution >= 0.6 is 24.0 Å². The van der Waals surface area contributed by atoms with E-state index in [1.807, 2.05) is 42.1 Å². The highest BCUT2D eigenvalue weighted by atomic mass is 32.2. The van der Waals surface area contributed by atoms with Crippen LogP contribution in [0.3, 0.4) is 0 Å². The van der Waals surface area contributed by atoms with Gasteiger partial charge in [-0.05, 0) is 37.5 Å². The number of hydrogen-bond donors (Lipinski definition) is 2. The Hall–Kier alpha value is -1.07. The van der Waals surface area contributed by atoms with Crippen molar-refractivity contribution in [1.82, 2.24) is 5.32 Å². The maximum atomic E-state index is 12.5. The summed E-state index contributed by atoms with van der Waals surface area (Å²) in [7, 11) is 0. The molecular weight excluding hydrogens is 300 g/mol. The molecule has 0 saturated heterocycles. The predicted molar refractivity (Wildman–Crippen MR) is 93.5 cm³/mol. The minimum Gasteiger partial charge on any atom is -0.393 e. The highest BCUT2D eigenvalue weighted by Gasteiger charge is 2.29. The Labute approximate surface area is 136 Å². The number of nitrogens with one attached hydrogen (secondary N) is 1. The van der Waals surface area contributed by atoms with Gasteiger partial charge in [0.1, 0.15) is 0 Å². The highest BCUT2D eigenvalue weighted by Crippen LogP contribution is 2.28. The van der Waals surface area contributed by atoms with E-state index < -0.39 is 5.92 Å². The molecule has 1 aliphatic rings. The van der Waals surface area contributed by atoms with Crippen LogP contribution in [0.25, 0.3) is 0 Å². The molecule has 21 heavy (non-hydrogen) atoms. The molecule has 3 N–H and O–H groups in total. The average Bonchev–Trinajstić information content (AvgIpc) is 2.93. The van der Waals surface area contributed by atoms with E-state index in [1.54, 1.807) is 0 Å². The van der Waals surface area contributed by atoms with Crippen LogP contribution in [0.1, 0.15) is 24.8 Å². The van der Waals surface area contributed by atoms with Crippen LogP contribution in [-0.2, 0) is 11.2 Å². The van der Waals surface area contributed by atoms with Gasteiger partial charge in [0.2, 0.25) is 5.91 Å². The zero-order valence-electron chi connectivity index (χ0n) is 12.2. The molecule has 3 atom stereocenters. The molecule has 1 aliphatic carbocycles. The Morgan fingerprint density at radius 2 is 2.14 bits per heavy atom. The number of carbonyl (C=O) groups is 1. The molecule has 114 valence electrons. The van der Waals surface area contributed by atoms with Gasteiger partial charge in [-0.1, -0.05) is 42.5 Å². The molecule has 0 spiro atoms. The van der Waals surface area contributed by atoms with Gasteiger partial charge in [0.25, 0.3) is 0 Å². The lowest BCUT2D eigenvalue weighted by atomic mass is 9.98. The van der Waals surface area contributed by atoms with E-state index in [4.69, 9.17) is 18.0 Å². The number of thioether (sulfide) groups is 1. The first-order valence-electron chi connectivity index (χ1n) is 7.26. The van der Waals surface area contributed by atoms with Crippen molar-refractivity contribution < 1.29 is 4.79 Å². The number of benzene rings is 1. The fourth-order valence-electron chi connectivity index (χ4n) is 2.76. The van der Waals surface area contributed by atoms with Crippen molar-refractivity contribution in [1.29, 1.82) is 0 Å². The molecule has 0 heterocycles. The topological polar surface area (TPSA) is 55.1 Å². The van der Waals surface area contributed by atoms with Crippen LogP contribution in [0, 0.1) is 5.92 Å². The maximum Gasteiger partial charge on any atom is 0.230 e. The molecule has 1 amide bonds. The van der Waals surface area contributed by atoms with Crippen molar-refractivity contribution in [2.75, 3.05) is 6.26 Å². The maximum absolute atomic E-state index is 12.5. The van der Waals surface area contributed by atoms with Crippen LogP contribution in [-0.4, -0.2) is 28.4 Å². The Morgan fingerprint density at radius 1 is 1.43 bits per heavy atom. The predicted octanol–water partition coefficient (Wildman–Crippen LogP) is 2.53. The third-order valence-corrected chi connectivity index (χ3v) is 5.39. The van der Waals surface area contributed by atoms with E-state index in [9.17, 15) is 4.79 Å². The van der Waals surface area contributed by atoms with E-state index >= 15 is 0 Å². The molecule has 1 aromatic rings. The molecule has 3 nitrogen and oxygen atoms in total. The summed E-state index contributed by atoms with van der Waals surface area (Å²) >= 11 is 6.97. The van der Waals surface area contributed by atoms with E-state index in [1.165, 1.54) is 6.42 Å². The molecule has 1 aromatic carbocycles. The summed E-state index contributed by atoms with van der Waals surface area (Å²) in [5.41, 5.74) is 6.86. The summed E-state index contributed by atoms with van der Waals surface area (Å²) in [5, 5.41) is 3.78. The van der Waals surface area contributed by atoms with Crippen LogP contribution in [0.5, 0.6) is 0 Å². The Balaban J connectivity index is 1.95. The summed E-state index contributed by atoms with van der Waals surface area (Å²) in [6, 6.07) is 10.1. The normalized spacial score (nSPS) is 22.7. The van der Waals surface area contributed by atoms with Crippen molar-refractivity contribution in [2.24, 2.45) is 11.7 Å². The van der Waals surface area contributed by atoms with E-state index in [0.29, 0.717) is 11.7 Å². The lowest BCUT2D eigenvalue weighted by Crippen LogP contribution is -2.43. The monoisotopic (exact) mass is 322 g/mol. The van der Waals surface area contributed by atoms with Gasteiger partial charge < -0.3 is 11.1 Å². The zero-order chi connectivity index (χ0) is 15.2. The van der Waals surface area contributed by atoms with E-state index in [-0.39, 0.29) is 16.9 Å². The largest absolute Gasteiger partial charge is 0.393 e. The molecule has 0 aromatic heterocycles. The van der Waals surface area contributed by atoms with Gasteiger partial charge in [0.15, 0.2) is 0 Å². The SMILES string of the molecule is CSC1CCC(NC(=O)C(Cc2ccccc2)C(N)=S)C1. The van der Waals surface area contributed by atoms with Crippen LogP contribution in [0.4, 0.5) is 0 Å². The molecule has 3 unspecified atom stereocenters. The first kappa shape index (κ1) is 16.3. The van der Waals surface area contributed by atoms with Gasteiger partial charge in [-0.25, -0.2) is 0 Å². The summed E-state index contributed by atoms with van der Waals surface area (Å²) in [6.45, 7) is 0. The first-order chi connectivity index (χ1) is 10.1. The molecule has 2 rings (SSSR count). The number of thiocarbonyl (C=S) groups is 1. The van der Waals surface area contributed by atoms with E-state index in [0.717, 1.165) is 18.4 Å². The van der Waals surface area contributed by atoms with Crippen molar-refractivity contribution in [3.05, 3.63) is 35.9 Å². The van der Waals surface area contributed by atoms with Gasteiger partial charge in [0, 0.05) is 11.3 Å². The second kappa shape index (κ2) is 7.80. The molecule has 1 fully saturated rings. The second-order valence-electron chi connectivity index (χ2n) is 5.52. The zero-order valence-corrected chi connectivity index (χ0v) is 13.9. The fourth-order valence-corrected chi connectivity index (χ4v) is 3.75. The van der Waals surface area contributed by atoms with Gasteiger partial charge in [-0.15, -0.1) is 0 Å². The Bertz CT molecular complexity index is 492. The first-order valence-corrected chi connectivity index (χ1v) is 8.96. The standard InChI is InChI=1S/C16H22N2OS2/c1-21-13-8-7-12(10-13)18-16(19)14(15(17)20)9-11-5-3-2-4-6-11/h2-6,12-14H,7-10H2,1H3,(H2,17,20)(H,18,19). The van der Waals surface area contributed by atoms with Crippen molar-refractivity contribution in [3.8, 4) is 0 Å². The number of nitrogens with two attached hydrogens (primary N) is 1. The second-order valence-corrected chi connectivity index (χ2v) is 7.13. The Morgan fingerprint density at radius 3 is 2.71 bits per heavy atom. The Kier molecular flexibility index (Phi) is 6.06. The molecule has 5 heteroatoms. The van der Waals surface area contributed by atoms with Crippen LogP contribution in [0.2, 0.25) is 0 Å². The minimum atomic E-state index is -0.421. The average molecular weight is 322 g/mol. The van der Waals surface area contributed by atoms with E-state index in [2.05, 4.69) is 11.6 Å². The molecule has 1 saturated carbocycles. The van der Waals surface area contributed by atoms with Crippen molar-refractivity contribution in [3.63, 3.8) is 0 Å². The van der Waals surface area contributed by atoms with Crippen LogP contribution < -0.4 is 11.1 Å². The summed E-state index contributed by atoms with van der Waals surface area (Å²) < 4.78 is 0. The molecule has 0 aliphatic heterocycles. The van der Waals surface area contributed by atoms with Gasteiger partial charge in [-0.3, -0.25) is 4.79 Å². The van der Waals surface area contributed by atoms with Gasteiger partial charge in [-0.2, -0.15) is 11.8 Å². The molecular formula is C16H22N2OS2. The number of carbonyl (C=O) groups excluding carboxylic acids is 1. The third kappa shape index (κ3) is 4.71. The summed E-state index contributed by atoms with van der Waals surface area (Å²) in [5.74, 6) is -0.450. The van der Waals surface area contributed by atoms with Gasteiger partial charge in [0.05, 0.1) is 10.9 Å². The highest BCUT2D eigenvalue weighted by molar-refractivity contribution is 7.99. The smallest absolute Gasteiger partial charge is 0.230 e. The quantitative estimate of drug-likeness (QED) is 0.790. The van der Waals surface area contributed by atoms with Crippen LogP contribution in [0.15, 0.2) is 30.3 Å². The number of rotatable bonds is 6. The summed E-state index contributed by atoms with van der Waals surface area (Å²) in [4.78, 5) is 12.7. The molecule has 0 radical (unpaired) electrons. The number of hydrogen-bond acceptors (Lipinski definition) is 3. The summed E-state index contributed by atoms with van der Waals surface area (Å²) in [6.07, 6.45) is 5.96. The molecule has 0 bridgehead atoms. The third-order valence-electron chi connectivity index (χ3n) is 4.01. The number of amides is 1. The minimum absolute atomic E-state index is 0.0295. The van der Waals surface area contributed by atoms with Crippen molar-refractivity contribution in [2.45, 2.75) is 37.0 Å². The lowest BCUT2D eigenvalue weighted by Gasteiger charge is -2.19. The van der Waals surface area contributed by atoms with Gasteiger partial charge >= 0.3 is 0 Å². The lowest BCUT2D eigenvalue weighted by molar-refractivity contribution is -0.123. The fraction of sp³-hybridized carbons (Fsp3) is 0.500.